The van der Waals surface area contributed by atoms with E-state index in [0.29, 0.717) is 10.0 Å². The largest absolute Gasteiger partial charge is 0.444 e. The Balaban J connectivity index is 1.59. The number of rotatable bonds is 3. The Bertz CT molecular complexity index is 1190. The zero-order chi connectivity index (χ0) is 24.0. The Hall–Kier alpha value is -2.51. The van der Waals surface area contributed by atoms with E-state index in [2.05, 4.69) is 22.1 Å². The fourth-order valence-electron chi connectivity index (χ4n) is 4.20. The van der Waals surface area contributed by atoms with Crippen molar-refractivity contribution >= 4 is 40.8 Å². The van der Waals surface area contributed by atoms with Gasteiger partial charge in [-0.1, -0.05) is 35.3 Å². The minimum atomic E-state index is -0.525. The van der Waals surface area contributed by atoms with Gasteiger partial charge < -0.3 is 15.0 Å². The van der Waals surface area contributed by atoms with Gasteiger partial charge in [-0.3, -0.25) is 4.40 Å². The second kappa shape index (κ2) is 8.69. The number of nitrogens with one attached hydrogen (secondary N) is 1. The molecule has 1 aromatic carbocycles. The Morgan fingerprint density at radius 1 is 1.21 bits per heavy atom. The second-order valence-electron chi connectivity index (χ2n) is 9.77. The highest BCUT2D eigenvalue weighted by atomic mass is 35.5. The molecule has 0 spiro atoms. The summed E-state index contributed by atoms with van der Waals surface area (Å²) in [6.45, 7) is 11.1. The Labute approximate surface area is 204 Å². The van der Waals surface area contributed by atoms with E-state index >= 15 is 0 Å². The summed E-state index contributed by atoms with van der Waals surface area (Å²) in [6.07, 6.45) is 4.83. The van der Waals surface area contributed by atoms with Crippen LogP contribution >= 0.6 is 23.2 Å². The molecular weight excluding hydrogens is 461 g/mol. The number of carbonyl (C=O) groups is 1. The average molecular weight is 490 g/mol. The summed E-state index contributed by atoms with van der Waals surface area (Å²) in [6, 6.07) is 5.58. The molecule has 1 amide bonds. The number of amides is 1. The Kier molecular flexibility index (Phi) is 6.22. The molecule has 0 aliphatic carbocycles. The molecule has 2 aromatic heterocycles. The summed E-state index contributed by atoms with van der Waals surface area (Å²) >= 11 is 12.8. The smallest absolute Gasteiger partial charge is 0.408 e. The van der Waals surface area contributed by atoms with Crippen molar-refractivity contribution in [2.75, 3.05) is 18.0 Å². The third-order valence-electron chi connectivity index (χ3n) is 5.87. The first kappa shape index (κ1) is 23.6. The number of benzene rings is 1. The number of anilines is 1. The molecule has 9 heteroatoms. The molecule has 0 atom stereocenters. The number of halogens is 2. The van der Waals surface area contributed by atoms with Crippen molar-refractivity contribution in [1.82, 2.24) is 19.7 Å². The van der Waals surface area contributed by atoms with Crippen molar-refractivity contribution in [2.45, 2.75) is 58.6 Å². The van der Waals surface area contributed by atoms with Gasteiger partial charge in [0.15, 0.2) is 11.5 Å². The number of fused-ring (bicyclic) bond motifs is 1. The molecule has 1 aliphatic rings. The SMILES string of the molecule is Cc1nc(N2CCC(C)(NC(=O)OC(C)(C)C)CC2)c2nccn2c1-c1cccc(Cl)c1Cl. The van der Waals surface area contributed by atoms with Crippen molar-refractivity contribution < 1.29 is 9.53 Å². The van der Waals surface area contributed by atoms with Crippen molar-refractivity contribution in [2.24, 2.45) is 0 Å². The minimum Gasteiger partial charge on any atom is -0.444 e. The minimum absolute atomic E-state index is 0.339. The van der Waals surface area contributed by atoms with Crippen LogP contribution in [0.15, 0.2) is 30.6 Å². The van der Waals surface area contributed by atoms with E-state index in [1.807, 2.05) is 50.4 Å². The summed E-state index contributed by atoms with van der Waals surface area (Å²) < 4.78 is 7.46. The van der Waals surface area contributed by atoms with Gasteiger partial charge in [0.05, 0.1) is 21.4 Å². The van der Waals surface area contributed by atoms with Crippen LogP contribution in [-0.2, 0) is 4.74 Å². The van der Waals surface area contributed by atoms with E-state index in [-0.39, 0.29) is 11.6 Å². The van der Waals surface area contributed by atoms with Crippen LogP contribution in [0.5, 0.6) is 0 Å². The van der Waals surface area contributed by atoms with Gasteiger partial charge in [0.2, 0.25) is 0 Å². The highest BCUT2D eigenvalue weighted by Crippen LogP contribution is 2.37. The molecule has 33 heavy (non-hydrogen) atoms. The van der Waals surface area contributed by atoms with Gasteiger partial charge in [0.25, 0.3) is 0 Å². The molecule has 0 saturated carbocycles. The maximum absolute atomic E-state index is 12.3. The van der Waals surface area contributed by atoms with Crippen molar-refractivity contribution in [3.8, 4) is 11.3 Å². The average Bonchev–Trinajstić information content (AvgIpc) is 3.18. The van der Waals surface area contributed by atoms with Gasteiger partial charge in [-0.25, -0.2) is 14.8 Å². The number of ether oxygens (including phenoxy) is 1. The fourth-order valence-corrected chi connectivity index (χ4v) is 4.59. The number of imidazole rings is 1. The van der Waals surface area contributed by atoms with Crippen LogP contribution in [-0.4, -0.2) is 44.7 Å². The van der Waals surface area contributed by atoms with E-state index in [1.165, 1.54) is 0 Å². The lowest BCUT2D eigenvalue weighted by Gasteiger charge is -2.40. The standard InChI is InChI=1S/C24H29Cl2N5O2/c1-15-19(16-7-6-8-17(25)18(16)26)31-14-11-27-20(31)21(28-15)30-12-9-24(5,10-13-30)29-22(32)33-23(2,3)4/h6-8,11,14H,9-10,12-13H2,1-5H3,(H,29,32). The van der Waals surface area contributed by atoms with E-state index in [4.69, 9.17) is 32.9 Å². The van der Waals surface area contributed by atoms with Gasteiger partial charge in [0, 0.05) is 36.6 Å². The van der Waals surface area contributed by atoms with Gasteiger partial charge in [0.1, 0.15) is 5.60 Å². The number of hydrogen-bond donors (Lipinski definition) is 1. The van der Waals surface area contributed by atoms with Crippen LogP contribution in [0.1, 0.15) is 46.2 Å². The molecular formula is C24H29Cl2N5O2. The monoisotopic (exact) mass is 489 g/mol. The highest BCUT2D eigenvalue weighted by molar-refractivity contribution is 6.43. The zero-order valence-electron chi connectivity index (χ0n) is 19.6. The van der Waals surface area contributed by atoms with Crippen LogP contribution in [0.4, 0.5) is 10.6 Å². The number of hydrogen-bond acceptors (Lipinski definition) is 5. The van der Waals surface area contributed by atoms with Crippen LogP contribution in [0.25, 0.3) is 16.9 Å². The first-order chi connectivity index (χ1) is 15.5. The molecule has 176 valence electrons. The normalized spacial score (nSPS) is 16.2. The first-order valence-corrected chi connectivity index (χ1v) is 11.8. The first-order valence-electron chi connectivity index (χ1n) is 11.0. The molecule has 3 aromatic rings. The number of piperidine rings is 1. The molecule has 0 unspecified atom stereocenters. The zero-order valence-corrected chi connectivity index (χ0v) is 21.1. The van der Waals surface area contributed by atoms with E-state index in [0.717, 1.165) is 54.3 Å². The fraction of sp³-hybridized carbons (Fsp3) is 0.458. The van der Waals surface area contributed by atoms with Crippen molar-refractivity contribution in [3.63, 3.8) is 0 Å². The van der Waals surface area contributed by atoms with Gasteiger partial charge in [-0.15, -0.1) is 0 Å². The summed E-state index contributed by atoms with van der Waals surface area (Å²) in [5.74, 6) is 0.818. The number of nitrogens with zero attached hydrogens (tertiary/aromatic N) is 4. The lowest BCUT2D eigenvalue weighted by Crippen LogP contribution is -2.54. The molecule has 4 rings (SSSR count). The summed E-state index contributed by atoms with van der Waals surface area (Å²) in [4.78, 5) is 24.0. The van der Waals surface area contributed by atoms with Crippen LogP contribution in [0.3, 0.4) is 0 Å². The van der Waals surface area contributed by atoms with E-state index in [9.17, 15) is 4.79 Å². The molecule has 3 heterocycles. The molecule has 1 saturated heterocycles. The van der Waals surface area contributed by atoms with Gasteiger partial charge in [-0.2, -0.15) is 0 Å². The summed E-state index contributed by atoms with van der Waals surface area (Å²) in [7, 11) is 0. The van der Waals surface area contributed by atoms with Crippen molar-refractivity contribution in [1.29, 1.82) is 0 Å². The van der Waals surface area contributed by atoms with Gasteiger partial charge >= 0.3 is 6.09 Å². The number of carbonyl (C=O) groups excluding carboxylic acids is 1. The third kappa shape index (κ3) is 4.89. The summed E-state index contributed by atoms with van der Waals surface area (Å²) in [5.41, 5.74) is 2.41. The third-order valence-corrected chi connectivity index (χ3v) is 6.69. The quantitative estimate of drug-likeness (QED) is 0.495. The van der Waals surface area contributed by atoms with Crippen LogP contribution in [0.2, 0.25) is 10.0 Å². The number of aromatic nitrogens is 3. The molecule has 0 bridgehead atoms. The summed E-state index contributed by atoms with van der Waals surface area (Å²) in [5, 5.41) is 4.05. The van der Waals surface area contributed by atoms with Crippen molar-refractivity contribution in [3.05, 3.63) is 46.3 Å². The lowest BCUT2D eigenvalue weighted by atomic mass is 9.90. The topological polar surface area (TPSA) is 71.8 Å². The Morgan fingerprint density at radius 2 is 1.91 bits per heavy atom. The predicted molar refractivity (Wildman–Crippen MR) is 132 cm³/mol. The molecule has 7 nitrogen and oxygen atoms in total. The second-order valence-corrected chi connectivity index (χ2v) is 10.6. The molecule has 0 radical (unpaired) electrons. The molecule has 1 fully saturated rings. The molecule has 1 N–H and O–H groups in total. The van der Waals surface area contributed by atoms with E-state index < -0.39 is 5.60 Å². The van der Waals surface area contributed by atoms with E-state index in [1.54, 1.807) is 12.3 Å². The van der Waals surface area contributed by atoms with Gasteiger partial charge in [-0.05, 0) is 53.5 Å². The maximum Gasteiger partial charge on any atom is 0.408 e. The number of aryl methyl sites for hydroxylation is 1. The lowest BCUT2D eigenvalue weighted by molar-refractivity contribution is 0.0448. The maximum atomic E-state index is 12.3. The number of alkyl carbamates (subject to hydrolysis) is 1. The van der Waals surface area contributed by atoms with Crippen LogP contribution < -0.4 is 10.2 Å². The van der Waals surface area contributed by atoms with Crippen LogP contribution in [0, 0.1) is 6.92 Å². The Morgan fingerprint density at radius 3 is 2.58 bits per heavy atom. The highest BCUT2D eigenvalue weighted by Gasteiger charge is 2.34. The predicted octanol–water partition coefficient (Wildman–Crippen LogP) is 5.90. The molecule has 1 aliphatic heterocycles.